The van der Waals surface area contributed by atoms with E-state index in [0.29, 0.717) is 24.4 Å². The molecule has 1 aromatic rings. The van der Waals surface area contributed by atoms with Gasteiger partial charge in [-0.3, -0.25) is 0 Å². The van der Waals surface area contributed by atoms with E-state index in [0.717, 1.165) is 11.1 Å². The lowest BCUT2D eigenvalue weighted by Crippen LogP contribution is -2.07. The Balaban J connectivity index is 2.18. The van der Waals surface area contributed by atoms with Gasteiger partial charge in [0.25, 0.3) is 0 Å². The van der Waals surface area contributed by atoms with Gasteiger partial charge in [-0.25, -0.2) is 4.79 Å². The second-order valence-corrected chi connectivity index (χ2v) is 3.33. The van der Waals surface area contributed by atoms with E-state index in [1.807, 2.05) is 0 Å². The van der Waals surface area contributed by atoms with E-state index in [1.54, 1.807) is 13.0 Å². The number of fused-ring (bicyclic) bond motifs is 1. The standard InChI is InChI=1S/C11H12O4/c1-2-14-11(13)7-3-9-8(5-12)6-15-10(9)4-7/h4,6,12H,2-3,5H2,1H3. The van der Waals surface area contributed by atoms with Crippen LogP contribution in [0.1, 0.15) is 23.8 Å². The molecule has 0 fully saturated rings. The quantitative estimate of drug-likeness (QED) is 0.760. The summed E-state index contributed by atoms with van der Waals surface area (Å²) < 4.78 is 10.1. The highest BCUT2D eigenvalue weighted by atomic mass is 16.5. The van der Waals surface area contributed by atoms with Crippen molar-refractivity contribution in [2.75, 3.05) is 6.61 Å². The van der Waals surface area contributed by atoms with E-state index in [9.17, 15) is 4.79 Å². The minimum Gasteiger partial charge on any atom is -0.464 e. The van der Waals surface area contributed by atoms with Crippen molar-refractivity contribution in [3.05, 3.63) is 28.7 Å². The second-order valence-electron chi connectivity index (χ2n) is 3.33. The molecule has 2 rings (SSSR count). The first-order valence-corrected chi connectivity index (χ1v) is 4.84. The van der Waals surface area contributed by atoms with Gasteiger partial charge in [0.1, 0.15) is 5.76 Å². The molecule has 1 N–H and O–H groups in total. The molecule has 4 heteroatoms. The Morgan fingerprint density at radius 3 is 3.13 bits per heavy atom. The number of hydrogen-bond acceptors (Lipinski definition) is 4. The third-order valence-electron chi connectivity index (χ3n) is 2.39. The first-order chi connectivity index (χ1) is 7.26. The summed E-state index contributed by atoms with van der Waals surface area (Å²) >= 11 is 0. The summed E-state index contributed by atoms with van der Waals surface area (Å²) in [6.45, 7) is 2.07. The average Bonchev–Trinajstić information content (AvgIpc) is 2.76. The number of furan rings is 1. The van der Waals surface area contributed by atoms with E-state index in [2.05, 4.69) is 0 Å². The van der Waals surface area contributed by atoms with Crippen LogP contribution >= 0.6 is 0 Å². The van der Waals surface area contributed by atoms with Crippen molar-refractivity contribution < 1.29 is 19.1 Å². The van der Waals surface area contributed by atoms with E-state index in [4.69, 9.17) is 14.3 Å². The third kappa shape index (κ3) is 1.68. The van der Waals surface area contributed by atoms with Gasteiger partial charge < -0.3 is 14.3 Å². The van der Waals surface area contributed by atoms with Crippen LogP contribution in [0.4, 0.5) is 0 Å². The smallest absolute Gasteiger partial charge is 0.334 e. The second kappa shape index (κ2) is 3.90. The molecular weight excluding hydrogens is 196 g/mol. The van der Waals surface area contributed by atoms with E-state index < -0.39 is 0 Å². The number of carbonyl (C=O) groups excluding carboxylic acids is 1. The molecule has 1 aliphatic carbocycles. The summed E-state index contributed by atoms with van der Waals surface area (Å²) in [7, 11) is 0. The zero-order valence-corrected chi connectivity index (χ0v) is 8.45. The van der Waals surface area contributed by atoms with Crippen molar-refractivity contribution >= 4 is 12.0 Å². The molecule has 1 aromatic heterocycles. The van der Waals surface area contributed by atoms with Gasteiger partial charge in [-0.15, -0.1) is 0 Å². The van der Waals surface area contributed by atoms with Gasteiger partial charge >= 0.3 is 5.97 Å². The van der Waals surface area contributed by atoms with Crippen LogP contribution in [0.5, 0.6) is 0 Å². The van der Waals surface area contributed by atoms with Crippen molar-refractivity contribution in [3.63, 3.8) is 0 Å². The zero-order chi connectivity index (χ0) is 10.8. The number of rotatable bonds is 3. The van der Waals surface area contributed by atoms with Crippen molar-refractivity contribution in [1.29, 1.82) is 0 Å². The maximum absolute atomic E-state index is 11.4. The van der Waals surface area contributed by atoms with Crippen LogP contribution in [0, 0.1) is 0 Å². The van der Waals surface area contributed by atoms with Crippen molar-refractivity contribution in [2.45, 2.75) is 20.0 Å². The average molecular weight is 208 g/mol. The van der Waals surface area contributed by atoms with E-state index >= 15 is 0 Å². The number of hydrogen-bond donors (Lipinski definition) is 1. The van der Waals surface area contributed by atoms with Crippen LogP contribution in [-0.2, 0) is 22.6 Å². The lowest BCUT2D eigenvalue weighted by atomic mass is 10.1. The molecule has 0 unspecified atom stereocenters. The Kier molecular flexibility index (Phi) is 2.60. The number of carbonyl (C=O) groups is 1. The summed E-state index contributed by atoms with van der Waals surface area (Å²) in [4.78, 5) is 11.4. The van der Waals surface area contributed by atoms with Crippen LogP contribution in [0.15, 0.2) is 16.3 Å². The van der Waals surface area contributed by atoms with Crippen molar-refractivity contribution in [1.82, 2.24) is 0 Å². The van der Waals surface area contributed by atoms with Gasteiger partial charge in [-0.05, 0) is 13.0 Å². The maximum Gasteiger partial charge on any atom is 0.334 e. The van der Waals surface area contributed by atoms with E-state index in [-0.39, 0.29) is 12.6 Å². The lowest BCUT2D eigenvalue weighted by Gasteiger charge is -2.01. The fourth-order valence-electron chi connectivity index (χ4n) is 1.64. The third-order valence-corrected chi connectivity index (χ3v) is 2.39. The molecule has 0 saturated heterocycles. The van der Waals surface area contributed by atoms with Crippen LogP contribution in [0.3, 0.4) is 0 Å². The minimum atomic E-state index is -0.312. The highest BCUT2D eigenvalue weighted by Gasteiger charge is 2.24. The number of ether oxygens (including phenoxy) is 1. The molecule has 1 aliphatic rings. The van der Waals surface area contributed by atoms with Crippen LogP contribution in [0.2, 0.25) is 0 Å². The predicted molar refractivity (Wildman–Crippen MR) is 52.9 cm³/mol. The molecule has 0 bridgehead atoms. The SMILES string of the molecule is CCOC(=O)C1=Cc2occ(CO)c2C1. The van der Waals surface area contributed by atoms with Crippen LogP contribution in [-0.4, -0.2) is 17.7 Å². The molecule has 4 nitrogen and oxygen atoms in total. The fraction of sp³-hybridized carbons (Fsp3) is 0.364. The number of aliphatic hydroxyl groups excluding tert-OH is 1. The predicted octanol–water partition coefficient (Wildman–Crippen LogP) is 1.27. The van der Waals surface area contributed by atoms with Crippen molar-refractivity contribution in [2.24, 2.45) is 0 Å². The number of aliphatic hydroxyl groups is 1. The van der Waals surface area contributed by atoms with Gasteiger partial charge in [0, 0.05) is 23.1 Å². The number of esters is 1. The van der Waals surface area contributed by atoms with Gasteiger partial charge in [0.15, 0.2) is 0 Å². The monoisotopic (exact) mass is 208 g/mol. The Hall–Kier alpha value is -1.55. The first-order valence-electron chi connectivity index (χ1n) is 4.84. The minimum absolute atomic E-state index is 0.0667. The Labute approximate surface area is 87.2 Å². The summed E-state index contributed by atoms with van der Waals surface area (Å²) in [5, 5.41) is 9.02. The largest absolute Gasteiger partial charge is 0.464 e. The molecule has 0 atom stereocenters. The molecular formula is C11H12O4. The molecule has 0 saturated carbocycles. The Bertz CT molecular complexity index is 414. The fourth-order valence-corrected chi connectivity index (χ4v) is 1.64. The van der Waals surface area contributed by atoms with E-state index in [1.165, 1.54) is 6.26 Å². The molecule has 0 aliphatic heterocycles. The molecule has 0 amide bonds. The van der Waals surface area contributed by atoms with Crippen LogP contribution < -0.4 is 0 Å². The Morgan fingerprint density at radius 1 is 1.67 bits per heavy atom. The molecule has 0 spiro atoms. The van der Waals surface area contributed by atoms with Gasteiger partial charge in [-0.1, -0.05) is 0 Å². The first kappa shape index (κ1) is 9.98. The normalized spacial score (nSPS) is 13.6. The topological polar surface area (TPSA) is 59.7 Å². The lowest BCUT2D eigenvalue weighted by molar-refractivity contribution is -0.138. The van der Waals surface area contributed by atoms with Gasteiger partial charge in [0.05, 0.1) is 19.5 Å². The Morgan fingerprint density at radius 2 is 2.47 bits per heavy atom. The molecule has 0 aromatic carbocycles. The molecule has 1 heterocycles. The summed E-state index contributed by atoms with van der Waals surface area (Å²) in [6, 6.07) is 0. The highest BCUT2D eigenvalue weighted by Crippen LogP contribution is 2.30. The molecule has 0 radical (unpaired) electrons. The van der Waals surface area contributed by atoms with Gasteiger partial charge in [0.2, 0.25) is 0 Å². The molecule has 15 heavy (non-hydrogen) atoms. The zero-order valence-electron chi connectivity index (χ0n) is 8.45. The van der Waals surface area contributed by atoms with Crippen LogP contribution in [0.25, 0.3) is 6.08 Å². The summed E-state index contributed by atoms with van der Waals surface area (Å²) in [5.41, 5.74) is 2.21. The highest BCUT2D eigenvalue weighted by molar-refractivity contribution is 5.96. The van der Waals surface area contributed by atoms with Gasteiger partial charge in [-0.2, -0.15) is 0 Å². The summed E-state index contributed by atoms with van der Waals surface area (Å²) in [6.07, 6.45) is 3.68. The van der Waals surface area contributed by atoms with Crippen molar-refractivity contribution in [3.8, 4) is 0 Å². The summed E-state index contributed by atoms with van der Waals surface area (Å²) in [5.74, 6) is 0.342. The molecule has 80 valence electrons. The maximum atomic E-state index is 11.4.